The van der Waals surface area contributed by atoms with Crippen molar-refractivity contribution in [2.45, 2.75) is 26.4 Å². The van der Waals surface area contributed by atoms with Crippen molar-refractivity contribution in [3.8, 4) is 16.9 Å². The van der Waals surface area contributed by atoms with Gasteiger partial charge in [0.1, 0.15) is 35.7 Å². The number of fused-ring (bicyclic) bond motifs is 5. The van der Waals surface area contributed by atoms with E-state index in [1.807, 2.05) is 20.8 Å². The van der Waals surface area contributed by atoms with Gasteiger partial charge in [-0.1, -0.05) is 23.2 Å². The number of carbonyl (C=O) groups excluding carboxylic acids is 1. The summed E-state index contributed by atoms with van der Waals surface area (Å²) in [7, 11) is 0. The standard InChI is InChI=1S/C25H26Cl2FN5O3/c1-25(2,3)36-24(34)33-7-5-32(6-8-33)23-16-12-17(27)19-15-10-14(26)11-18(28)20(15)29-4-9-35-22(19)21(16)30-13-31-23/h10-13,29H,4-9H2,1-3H3. The molecule has 0 radical (unpaired) electrons. The number of halogens is 3. The lowest BCUT2D eigenvalue weighted by atomic mass is 9.99. The Morgan fingerprint density at radius 2 is 1.89 bits per heavy atom. The molecule has 190 valence electrons. The third kappa shape index (κ3) is 4.69. The number of benzene rings is 2. The number of nitrogens with zero attached hydrogens (tertiary/aromatic N) is 4. The van der Waals surface area contributed by atoms with Gasteiger partial charge in [-0.15, -0.1) is 0 Å². The highest BCUT2D eigenvalue weighted by Crippen LogP contribution is 2.47. The molecule has 1 saturated heterocycles. The largest absolute Gasteiger partial charge is 0.489 e. The molecule has 2 aromatic carbocycles. The molecule has 36 heavy (non-hydrogen) atoms. The van der Waals surface area contributed by atoms with E-state index in [0.717, 1.165) is 0 Å². The highest BCUT2D eigenvalue weighted by molar-refractivity contribution is 6.36. The molecule has 0 atom stereocenters. The van der Waals surface area contributed by atoms with E-state index in [-0.39, 0.29) is 17.7 Å². The van der Waals surface area contributed by atoms with Gasteiger partial charge < -0.3 is 24.6 Å². The Kier molecular flexibility index (Phi) is 6.46. The number of carbonyl (C=O) groups is 1. The van der Waals surface area contributed by atoms with Gasteiger partial charge in [-0.05, 0) is 39.0 Å². The first-order chi connectivity index (χ1) is 17.1. The first kappa shape index (κ1) is 24.6. The van der Waals surface area contributed by atoms with E-state index in [0.29, 0.717) is 77.0 Å². The van der Waals surface area contributed by atoms with Crippen molar-refractivity contribution >= 4 is 51.7 Å². The molecule has 3 aromatic rings. The van der Waals surface area contributed by atoms with E-state index in [1.165, 1.54) is 12.4 Å². The molecule has 2 aliphatic heterocycles. The van der Waals surface area contributed by atoms with Crippen LogP contribution in [0.25, 0.3) is 22.0 Å². The van der Waals surface area contributed by atoms with E-state index < -0.39 is 11.4 Å². The first-order valence-electron chi connectivity index (χ1n) is 11.7. The summed E-state index contributed by atoms with van der Waals surface area (Å²) < 4.78 is 26.4. The van der Waals surface area contributed by atoms with Gasteiger partial charge in [0.2, 0.25) is 0 Å². The summed E-state index contributed by atoms with van der Waals surface area (Å²) in [6.07, 6.45) is 1.15. The molecule has 1 N–H and O–H groups in total. The topological polar surface area (TPSA) is 79.8 Å². The van der Waals surface area contributed by atoms with E-state index >= 15 is 0 Å². The van der Waals surface area contributed by atoms with Crippen LogP contribution < -0.4 is 15.0 Å². The molecule has 1 fully saturated rings. The number of nitrogens with one attached hydrogen (secondary N) is 1. The highest BCUT2D eigenvalue weighted by atomic mass is 35.5. The number of anilines is 2. The third-order valence-corrected chi connectivity index (χ3v) is 6.54. The number of rotatable bonds is 1. The minimum Gasteiger partial charge on any atom is -0.489 e. The summed E-state index contributed by atoms with van der Waals surface area (Å²) in [5.41, 5.74) is 1.37. The minimum absolute atomic E-state index is 0.252. The summed E-state index contributed by atoms with van der Waals surface area (Å²) in [5.74, 6) is 0.681. The number of aromatic nitrogens is 2. The zero-order chi connectivity index (χ0) is 25.6. The fourth-order valence-corrected chi connectivity index (χ4v) is 4.98. The van der Waals surface area contributed by atoms with Crippen LogP contribution in [0.2, 0.25) is 10.0 Å². The van der Waals surface area contributed by atoms with Gasteiger partial charge in [-0.25, -0.2) is 19.2 Å². The summed E-state index contributed by atoms with van der Waals surface area (Å²) in [5, 5.41) is 4.40. The monoisotopic (exact) mass is 533 g/mol. The van der Waals surface area contributed by atoms with Crippen molar-refractivity contribution in [1.29, 1.82) is 0 Å². The Hall–Kier alpha value is -3.04. The molecule has 0 bridgehead atoms. The number of hydrogen-bond donors (Lipinski definition) is 1. The SMILES string of the molecule is CC(C)(C)OC(=O)N1CCN(c2ncnc3c4c(c(Cl)cc23)-c2cc(Cl)cc(F)c2NCCO4)CC1. The molecule has 1 aromatic heterocycles. The zero-order valence-electron chi connectivity index (χ0n) is 20.2. The smallest absolute Gasteiger partial charge is 0.410 e. The van der Waals surface area contributed by atoms with Crippen LogP contribution >= 0.6 is 23.2 Å². The second kappa shape index (κ2) is 9.44. The Bertz CT molecular complexity index is 1340. The maximum atomic E-state index is 14.8. The average Bonchev–Trinajstić information content (AvgIpc) is 2.79. The van der Waals surface area contributed by atoms with E-state index in [2.05, 4.69) is 20.2 Å². The average molecular weight is 534 g/mol. The van der Waals surface area contributed by atoms with Crippen molar-refractivity contribution in [3.63, 3.8) is 0 Å². The van der Waals surface area contributed by atoms with Crippen LogP contribution in [0.15, 0.2) is 24.5 Å². The van der Waals surface area contributed by atoms with Crippen LogP contribution in [-0.2, 0) is 4.74 Å². The zero-order valence-corrected chi connectivity index (χ0v) is 21.7. The van der Waals surface area contributed by atoms with Gasteiger partial charge in [0, 0.05) is 54.3 Å². The Labute approximate surface area is 218 Å². The summed E-state index contributed by atoms with van der Waals surface area (Å²) in [6, 6.07) is 4.71. The van der Waals surface area contributed by atoms with Gasteiger partial charge in [-0.2, -0.15) is 0 Å². The number of piperazine rings is 1. The predicted molar refractivity (Wildman–Crippen MR) is 139 cm³/mol. The van der Waals surface area contributed by atoms with Crippen LogP contribution in [-0.4, -0.2) is 65.9 Å². The molecular weight excluding hydrogens is 508 g/mol. The Balaban J connectivity index is 1.53. The maximum Gasteiger partial charge on any atom is 0.410 e. The van der Waals surface area contributed by atoms with Crippen LogP contribution in [0.5, 0.6) is 5.75 Å². The Morgan fingerprint density at radius 3 is 2.61 bits per heavy atom. The second-order valence-corrected chi connectivity index (χ2v) is 10.5. The van der Waals surface area contributed by atoms with Crippen LogP contribution in [0.4, 0.5) is 20.7 Å². The number of amides is 1. The van der Waals surface area contributed by atoms with Crippen molar-refractivity contribution in [2.24, 2.45) is 0 Å². The van der Waals surface area contributed by atoms with Crippen molar-refractivity contribution in [1.82, 2.24) is 14.9 Å². The third-order valence-electron chi connectivity index (χ3n) is 6.02. The lowest BCUT2D eigenvalue weighted by Gasteiger charge is -2.36. The molecule has 3 heterocycles. The molecule has 0 spiro atoms. The molecule has 2 aliphatic rings. The number of ether oxygens (including phenoxy) is 2. The highest BCUT2D eigenvalue weighted by Gasteiger charge is 2.29. The van der Waals surface area contributed by atoms with E-state index in [4.69, 9.17) is 32.7 Å². The van der Waals surface area contributed by atoms with Crippen LogP contribution in [0.3, 0.4) is 0 Å². The Morgan fingerprint density at radius 1 is 1.14 bits per heavy atom. The molecule has 5 rings (SSSR count). The van der Waals surface area contributed by atoms with Crippen molar-refractivity contribution in [2.75, 3.05) is 49.5 Å². The first-order valence-corrected chi connectivity index (χ1v) is 12.4. The van der Waals surface area contributed by atoms with Crippen molar-refractivity contribution < 1.29 is 18.7 Å². The fraction of sp³-hybridized carbons (Fsp3) is 0.400. The van der Waals surface area contributed by atoms with Gasteiger partial charge in [0.05, 0.1) is 10.7 Å². The predicted octanol–water partition coefficient (Wildman–Crippen LogP) is 5.60. The molecule has 11 heteroatoms. The molecule has 0 aliphatic carbocycles. The number of hydrogen-bond acceptors (Lipinski definition) is 7. The van der Waals surface area contributed by atoms with Gasteiger partial charge >= 0.3 is 6.09 Å². The van der Waals surface area contributed by atoms with Crippen molar-refractivity contribution in [3.05, 3.63) is 40.4 Å². The molecule has 0 saturated carbocycles. The molecular formula is C25H26Cl2FN5O3. The summed E-state index contributed by atoms with van der Waals surface area (Å²) >= 11 is 13.0. The van der Waals surface area contributed by atoms with E-state index in [9.17, 15) is 9.18 Å². The fourth-order valence-electron chi connectivity index (χ4n) is 4.48. The second-order valence-electron chi connectivity index (χ2n) is 9.70. The summed E-state index contributed by atoms with van der Waals surface area (Å²) in [4.78, 5) is 25.3. The molecule has 1 amide bonds. The quantitative estimate of drug-likeness (QED) is 0.435. The van der Waals surface area contributed by atoms with Crippen LogP contribution in [0.1, 0.15) is 20.8 Å². The maximum absolute atomic E-state index is 14.8. The van der Waals surface area contributed by atoms with E-state index in [1.54, 1.807) is 17.0 Å². The van der Waals surface area contributed by atoms with Crippen LogP contribution in [0, 0.1) is 5.82 Å². The van der Waals surface area contributed by atoms with Gasteiger partial charge in [-0.3, -0.25) is 0 Å². The van der Waals surface area contributed by atoms with Gasteiger partial charge in [0.25, 0.3) is 0 Å². The van der Waals surface area contributed by atoms with Gasteiger partial charge in [0.15, 0.2) is 5.75 Å². The normalized spacial score (nSPS) is 15.8. The molecule has 0 unspecified atom stereocenters. The summed E-state index contributed by atoms with van der Waals surface area (Å²) in [6.45, 7) is 8.34. The minimum atomic E-state index is -0.550. The lowest BCUT2D eigenvalue weighted by Crippen LogP contribution is -2.50. The molecule has 8 nitrogen and oxygen atoms in total. The lowest BCUT2D eigenvalue weighted by molar-refractivity contribution is 0.0240.